The Bertz CT molecular complexity index is 1190. The maximum Gasteiger partial charge on any atom is 0.238 e. The maximum absolute atomic E-state index is 14.9. The summed E-state index contributed by atoms with van der Waals surface area (Å²) in [7, 11) is 0. The van der Waals surface area contributed by atoms with Crippen LogP contribution in [0, 0.1) is 11.8 Å². The van der Waals surface area contributed by atoms with Gasteiger partial charge in [-0.05, 0) is 43.9 Å². The van der Waals surface area contributed by atoms with Crippen LogP contribution in [0.5, 0.6) is 0 Å². The Labute approximate surface area is 171 Å². The zero-order valence-corrected chi connectivity index (χ0v) is 16.2. The van der Waals surface area contributed by atoms with Crippen molar-refractivity contribution in [2.24, 2.45) is 0 Å². The molecule has 0 N–H and O–H groups in total. The van der Waals surface area contributed by atoms with Crippen LogP contribution in [0.15, 0.2) is 36.7 Å². The number of fused-ring (bicyclic) bond motifs is 4. The van der Waals surface area contributed by atoms with Gasteiger partial charge in [-0.25, -0.2) is 9.37 Å². The molecule has 1 aliphatic carbocycles. The van der Waals surface area contributed by atoms with Gasteiger partial charge in [0.05, 0.1) is 22.8 Å². The van der Waals surface area contributed by atoms with Crippen molar-refractivity contribution in [3.05, 3.63) is 54.0 Å². The number of nitrogens with zero attached hydrogens (tertiary/aromatic N) is 3. The minimum absolute atomic E-state index is 0.118. The highest BCUT2D eigenvalue weighted by Crippen LogP contribution is 2.53. The van der Waals surface area contributed by atoms with E-state index in [1.54, 1.807) is 12.3 Å². The van der Waals surface area contributed by atoms with Gasteiger partial charge in [-0.1, -0.05) is 0 Å². The van der Waals surface area contributed by atoms with Crippen molar-refractivity contribution in [2.75, 3.05) is 18.1 Å². The van der Waals surface area contributed by atoms with Gasteiger partial charge in [0.25, 0.3) is 0 Å². The molecule has 5 nitrogen and oxygen atoms in total. The first-order valence-electron chi connectivity index (χ1n) is 10.2. The summed E-state index contributed by atoms with van der Waals surface area (Å²) in [5.74, 6) is -0.950. The lowest BCUT2D eigenvalue weighted by molar-refractivity contribution is -0.126. The first kappa shape index (κ1) is 17.9. The van der Waals surface area contributed by atoms with Crippen LogP contribution in [-0.2, 0) is 14.9 Å². The molecule has 3 aromatic rings. The van der Waals surface area contributed by atoms with Gasteiger partial charge >= 0.3 is 0 Å². The van der Waals surface area contributed by atoms with E-state index in [-0.39, 0.29) is 11.9 Å². The largest absolute Gasteiger partial charge is 0.381 e. The molecule has 4 heterocycles. The lowest BCUT2D eigenvalue weighted by atomic mass is 9.74. The molecule has 7 heteroatoms. The number of carbonyl (C=O) groups excluding carboxylic acids is 1. The van der Waals surface area contributed by atoms with Crippen molar-refractivity contribution in [1.82, 2.24) is 9.97 Å². The Morgan fingerprint density at radius 3 is 2.57 bits per heavy atom. The number of carbonyl (C=O) groups is 1. The summed E-state index contributed by atoms with van der Waals surface area (Å²) >= 11 is 0. The molecule has 0 bridgehead atoms. The molecule has 1 spiro atoms. The van der Waals surface area contributed by atoms with E-state index in [1.165, 1.54) is 24.4 Å². The van der Waals surface area contributed by atoms with Crippen LogP contribution in [-0.4, -0.2) is 35.1 Å². The van der Waals surface area contributed by atoms with Crippen LogP contribution in [0.3, 0.4) is 0 Å². The van der Waals surface area contributed by atoms with Gasteiger partial charge in [-0.15, -0.1) is 0 Å². The number of halogens is 2. The number of hydrogen-bond acceptors (Lipinski definition) is 4. The van der Waals surface area contributed by atoms with Crippen LogP contribution in [0.25, 0.3) is 22.0 Å². The summed E-state index contributed by atoms with van der Waals surface area (Å²) < 4.78 is 33.8. The van der Waals surface area contributed by atoms with E-state index in [0.29, 0.717) is 42.7 Å². The molecular formula is C23H19F2N3O2. The standard InChI is InChI=1S/C23H19F2N3O2/c24-17-10-18-16(9-15(17)13-1-4-20(25)27-11-13)21-19(12-26-18)28(14-2-3-14)22(29)23(21)5-7-30-8-6-23/h1,4,9-12,14H,2-3,5-8H2. The molecule has 0 atom stereocenters. The Hall–Kier alpha value is -2.93. The average Bonchev–Trinajstić information content (AvgIpc) is 3.56. The van der Waals surface area contributed by atoms with Gasteiger partial charge in [-0.3, -0.25) is 9.78 Å². The SMILES string of the molecule is O=C1N(C2CC2)c2cnc3cc(F)c(-c4ccc(F)nc4)cc3c2C12CCOCC2. The molecule has 1 amide bonds. The van der Waals surface area contributed by atoms with Crippen molar-refractivity contribution in [2.45, 2.75) is 37.1 Å². The smallest absolute Gasteiger partial charge is 0.238 e. The predicted octanol–water partition coefficient (Wildman–Crippen LogP) is 4.13. The number of rotatable bonds is 2. The minimum atomic E-state index is -0.659. The number of hydrogen-bond donors (Lipinski definition) is 0. The number of anilines is 1. The fourth-order valence-electron chi connectivity index (χ4n) is 4.97. The molecule has 6 rings (SSSR count). The highest BCUT2D eigenvalue weighted by Gasteiger charge is 2.55. The highest BCUT2D eigenvalue weighted by molar-refractivity contribution is 6.13. The molecule has 0 radical (unpaired) electrons. The van der Waals surface area contributed by atoms with Crippen molar-refractivity contribution >= 4 is 22.5 Å². The van der Waals surface area contributed by atoms with Crippen LogP contribution in [0.1, 0.15) is 31.2 Å². The quantitative estimate of drug-likeness (QED) is 0.600. The predicted molar refractivity (Wildman–Crippen MR) is 107 cm³/mol. The van der Waals surface area contributed by atoms with Crippen LogP contribution >= 0.6 is 0 Å². The second kappa shape index (κ2) is 6.28. The van der Waals surface area contributed by atoms with Gasteiger partial charge in [0.2, 0.25) is 11.9 Å². The van der Waals surface area contributed by atoms with Gasteiger partial charge in [-0.2, -0.15) is 4.39 Å². The molecular weight excluding hydrogens is 388 g/mol. The molecule has 1 saturated carbocycles. The normalized spacial score (nSPS) is 20.2. The van der Waals surface area contributed by atoms with E-state index >= 15 is 0 Å². The number of aromatic nitrogens is 2. The second-order valence-corrected chi connectivity index (χ2v) is 8.34. The van der Waals surface area contributed by atoms with Crippen molar-refractivity contribution in [1.29, 1.82) is 0 Å². The molecule has 1 aromatic carbocycles. The molecule has 3 aliphatic rings. The lowest BCUT2D eigenvalue weighted by Gasteiger charge is -2.33. The summed E-state index contributed by atoms with van der Waals surface area (Å²) in [6, 6.07) is 6.08. The summed E-state index contributed by atoms with van der Waals surface area (Å²) in [6.07, 6.45) is 6.23. The Morgan fingerprint density at radius 2 is 1.87 bits per heavy atom. The number of benzene rings is 1. The third kappa shape index (κ3) is 2.45. The van der Waals surface area contributed by atoms with Crippen LogP contribution in [0.2, 0.25) is 0 Å². The average molecular weight is 407 g/mol. The zero-order chi connectivity index (χ0) is 20.5. The Kier molecular flexibility index (Phi) is 3.75. The summed E-state index contributed by atoms with van der Waals surface area (Å²) in [5.41, 5.74) is 2.44. The molecule has 2 fully saturated rings. The molecule has 30 heavy (non-hydrogen) atoms. The third-order valence-electron chi connectivity index (χ3n) is 6.60. The van der Waals surface area contributed by atoms with Gasteiger partial charge in [0.15, 0.2) is 0 Å². The van der Waals surface area contributed by atoms with E-state index in [2.05, 4.69) is 9.97 Å². The Balaban J connectivity index is 1.63. The maximum atomic E-state index is 14.9. The summed E-state index contributed by atoms with van der Waals surface area (Å²) in [6.45, 7) is 1.03. The van der Waals surface area contributed by atoms with Gasteiger partial charge in [0.1, 0.15) is 5.82 Å². The number of amides is 1. The molecule has 2 aromatic heterocycles. The topological polar surface area (TPSA) is 55.3 Å². The molecule has 0 unspecified atom stereocenters. The first-order valence-corrected chi connectivity index (χ1v) is 10.2. The van der Waals surface area contributed by atoms with Crippen molar-refractivity contribution in [3.8, 4) is 11.1 Å². The fraction of sp³-hybridized carbons (Fsp3) is 0.348. The number of pyridine rings is 2. The van der Waals surface area contributed by atoms with Gasteiger partial charge in [0, 0.05) is 53.6 Å². The zero-order valence-electron chi connectivity index (χ0n) is 16.2. The monoisotopic (exact) mass is 407 g/mol. The first-order chi connectivity index (χ1) is 14.6. The van der Waals surface area contributed by atoms with E-state index in [4.69, 9.17) is 4.74 Å². The van der Waals surface area contributed by atoms with Crippen molar-refractivity contribution in [3.63, 3.8) is 0 Å². The molecule has 2 aliphatic heterocycles. The lowest BCUT2D eigenvalue weighted by Crippen LogP contribution is -2.44. The summed E-state index contributed by atoms with van der Waals surface area (Å²) in [5, 5.41) is 0.770. The summed E-state index contributed by atoms with van der Waals surface area (Å²) in [4.78, 5) is 23.7. The number of ether oxygens (including phenoxy) is 1. The van der Waals surface area contributed by atoms with Crippen LogP contribution < -0.4 is 4.90 Å². The van der Waals surface area contributed by atoms with Crippen molar-refractivity contribution < 1.29 is 18.3 Å². The van der Waals surface area contributed by atoms with Crippen LogP contribution in [0.4, 0.5) is 14.5 Å². The third-order valence-corrected chi connectivity index (χ3v) is 6.60. The van der Waals surface area contributed by atoms with E-state index in [0.717, 1.165) is 29.5 Å². The van der Waals surface area contributed by atoms with E-state index in [1.807, 2.05) is 4.90 Å². The minimum Gasteiger partial charge on any atom is -0.381 e. The van der Waals surface area contributed by atoms with Gasteiger partial charge < -0.3 is 9.64 Å². The Morgan fingerprint density at radius 1 is 1.07 bits per heavy atom. The molecule has 1 saturated heterocycles. The molecule has 152 valence electrons. The second-order valence-electron chi connectivity index (χ2n) is 8.34. The van der Waals surface area contributed by atoms with E-state index < -0.39 is 17.2 Å². The fourth-order valence-corrected chi connectivity index (χ4v) is 4.97. The van der Waals surface area contributed by atoms with E-state index in [9.17, 15) is 13.6 Å². The highest BCUT2D eigenvalue weighted by atomic mass is 19.1.